The molecule has 0 saturated carbocycles. The Morgan fingerprint density at radius 3 is 2.41 bits per heavy atom. The molecule has 0 aliphatic rings. The van der Waals surface area contributed by atoms with E-state index in [0.29, 0.717) is 45.8 Å². The second-order valence-electron chi connectivity index (χ2n) is 6.82. The van der Waals surface area contributed by atoms with Crippen LogP contribution in [0.4, 0.5) is 11.6 Å². The minimum absolute atomic E-state index is 0.168. The highest BCUT2D eigenvalue weighted by Crippen LogP contribution is 2.40. The Morgan fingerprint density at radius 1 is 1.06 bits per heavy atom. The monoisotopic (exact) mass is 435 g/mol. The van der Waals surface area contributed by atoms with Gasteiger partial charge in [0, 0.05) is 23.4 Å². The highest BCUT2D eigenvalue weighted by atomic mass is 16.5. The summed E-state index contributed by atoms with van der Waals surface area (Å²) in [4.78, 5) is 20.3. The number of anilines is 2. The number of rotatable bonds is 7. The Bertz CT molecular complexity index is 1290. The summed E-state index contributed by atoms with van der Waals surface area (Å²) in [5.41, 5.74) is 2.86. The summed E-state index contributed by atoms with van der Waals surface area (Å²) in [6.45, 7) is 1.84. The predicted octanol–water partition coefficient (Wildman–Crippen LogP) is 3.57. The maximum absolute atomic E-state index is 11.4. The molecule has 0 saturated heterocycles. The number of aromatic nitrogens is 4. The van der Waals surface area contributed by atoms with Gasteiger partial charge in [0.25, 0.3) is 0 Å². The number of imidazole rings is 1. The van der Waals surface area contributed by atoms with E-state index >= 15 is 0 Å². The van der Waals surface area contributed by atoms with Crippen molar-refractivity contribution >= 4 is 23.1 Å². The summed E-state index contributed by atoms with van der Waals surface area (Å²) in [5, 5.41) is 17.0. The van der Waals surface area contributed by atoms with E-state index in [1.165, 1.54) is 27.4 Å². The van der Waals surface area contributed by atoms with Crippen LogP contribution in [0.2, 0.25) is 0 Å². The lowest BCUT2D eigenvalue weighted by atomic mass is 10.1. The van der Waals surface area contributed by atoms with E-state index in [2.05, 4.69) is 20.4 Å². The van der Waals surface area contributed by atoms with Gasteiger partial charge in [-0.05, 0) is 19.1 Å². The summed E-state index contributed by atoms with van der Waals surface area (Å²) in [7, 11) is 4.61. The van der Waals surface area contributed by atoms with Crippen LogP contribution < -0.4 is 19.5 Å². The van der Waals surface area contributed by atoms with Gasteiger partial charge in [-0.3, -0.25) is 0 Å². The first kappa shape index (κ1) is 20.9. The molecule has 0 bridgehead atoms. The van der Waals surface area contributed by atoms with Crippen molar-refractivity contribution in [3.05, 3.63) is 53.9 Å². The first-order chi connectivity index (χ1) is 15.4. The average Bonchev–Trinajstić information content (AvgIpc) is 3.14. The Kier molecular flexibility index (Phi) is 5.50. The van der Waals surface area contributed by atoms with Gasteiger partial charge in [0.1, 0.15) is 5.52 Å². The van der Waals surface area contributed by atoms with Crippen LogP contribution in [0.5, 0.6) is 17.2 Å². The van der Waals surface area contributed by atoms with Crippen LogP contribution in [0.15, 0.2) is 42.6 Å². The molecule has 0 atom stereocenters. The third-order valence-corrected chi connectivity index (χ3v) is 4.87. The normalized spacial score (nSPS) is 10.8. The molecule has 2 N–H and O–H groups in total. The van der Waals surface area contributed by atoms with E-state index in [-0.39, 0.29) is 5.56 Å². The molecule has 0 aliphatic carbocycles. The fourth-order valence-corrected chi connectivity index (χ4v) is 3.34. The third kappa shape index (κ3) is 3.73. The van der Waals surface area contributed by atoms with Crippen LogP contribution in [0, 0.1) is 6.92 Å². The largest absolute Gasteiger partial charge is 0.493 e. The molecule has 10 heteroatoms. The van der Waals surface area contributed by atoms with Gasteiger partial charge in [0.05, 0.1) is 38.8 Å². The second kappa shape index (κ2) is 8.42. The van der Waals surface area contributed by atoms with Crippen LogP contribution in [0.3, 0.4) is 0 Å². The Morgan fingerprint density at radius 2 is 1.78 bits per heavy atom. The number of carbonyl (C=O) groups is 1. The summed E-state index contributed by atoms with van der Waals surface area (Å²) in [6.07, 6.45) is 1.65. The fourth-order valence-electron chi connectivity index (χ4n) is 3.34. The van der Waals surface area contributed by atoms with E-state index in [1.54, 1.807) is 41.0 Å². The third-order valence-electron chi connectivity index (χ3n) is 4.87. The molecule has 2 aromatic heterocycles. The van der Waals surface area contributed by atoms with Crippen molar-refractivity contribution in [2.24, 2.45) is 0 Å². The second-order valence-corrected chi connectivity index (χ2v) is 6.82. The molecule has 164 valence electrons. The molecule has 32 heavy (non-hydrogen) atoms. The molecule has 0 radical (unpaired) electrons. The maximum Gasteiger partial charge on any atom is 0.335 e. The minimum atomic E-state index is -1.01. The van der Waals surface area contributed by atoms with Crippen LogP contribution in [-0.4, -0.2) is 52.0 Å². The van der Waals surface area contributed by atoms with Crippen LogP contribution in [0.1, 0.15) is 16.1 Å². The number of hydrogen-bond acceptors (Lipinski definition) is 8. The molecule has 0 aliphatic heterocycles. The molecular weight excluding hydrogens is 414 g/mol. The molecule has 10 nitrogen and oxygen atoms in total. The molecule has 0 spiro atoms. The van der Waals surface area contributed by atoms with E-state index in [9.17, 15) is 9.90 Å². The zero-order chi connectivity index (χ0) is 22.8. The first-order valence-electron chi connectivity index (χ1n) is 9.58. The summed E-state index contributed by atoms with van der Waals surface area (Å²) < 4.78 is 17.8. The minimum Gasteiger partial charge on any atom is -0.493 e. The predicted molar refractivity (Wildman–Crippen MR) is 117 cm³/mol. The van der Waals surface area contributed by atoms with E-state index in [1.807, 2.05) is 6.92 Å². The van der Waals surface area contributed by atoms with Gasteiger partial charge in [-0.15, -0.1) is 5.10 Å². The number of methoxy groups -OCH3 is 3. The average molecular weight is 435 g/mol. The maximum atomic E-state index is 11.4. The Hall–Kier alpha value is -4.34. The van der Waals surface area contributed by atoms with Gasteiger partial charge in [-0.2, -0.15) is 0 Å². The quantitative estimate of drug-likeness (QED) is 0.449. The Labute approximate surface area is 183 Å². The van der Waals surface area contributed by atoms with Crippen molar-refractivity contribution in [2.75, 3.05) is 26.6 Å². The topological polar surface area (TPSA) is 120 Å². The fraction of sp³-hybridized carbons (Fsp3) is 0.182. The summed E-state index contributed by atoms with van der Waals surface area (Å²) >= 11 is 0. The van der Waals surface area contributed by atoms with Crippen molar-refractivity contribution in [1.29, 1.82) is 0 Å². The van der Waals surface area contributed by atoms with Gasteiger partial charge >= 0.3 is 5.97 Å². The highest BCUT2D eigenvalue weighted by molar-refractivity contribution is 5.89. The Balaban J connectivity index is 1.77. The van der Waals surface area contributed by atoms with Gasteiger partial charge < -0.3 is 24.6 Å². The molecule has 0 amide bonds. The molecule has 4 rings (SSSR count). The summed E-state index contributed by atoms with van der Waals surface area (Å²) in [6, 6.07) is 10.0. The summed E-state index contributed by atoms with van der Waals surface area (Å²) in [5.74, 6) is 1.25. The number of nitrogens with zero attached hydrogens (tertiary/aromatic N) is 4. The van der Waals surface area contributed by atoms with E-state index in [0.717, 1.165) is 5.69 Å². The van der Waals surface area contributed by atoms with Crippen LogP contribution in [0.25, 0.3) is 16.9 Å². The van der Waals surface area contributed by atoms with Gasteiger partial charge in [0.2, 0.25) is 11.7 Å². The number of hydrogen-bond donors (Lipinski definition) is 2. The van der Waals surface area contributed by atoms with Crippen molar-refractivity contribution in [1.82, 2.24) is 19.6 Å². The van der Waals surface area contributed by atoms with Gasteiger partial charge in [-0.1, -0.05) is 12.1 Å². The number of fused-ring (bicyclic) bond motifs is 1. The van der Waals surface area contributed by atoms with Crippen LogP contribution in [-0.2, 0) is 0 Å². The van der Waals surface area contributed by atoms with E-state index in [4.69, 9.17) is 14.2 Å². The molecule has 4 aromatic rings. The van der Waals surface area contributed by atoms with E-state index < -0.39 is 5.97 Å². The molecule has 0 unspecified atom stereocenters. The number of benzene rings is 2. The van der Waals surface area contributed by atoms with Crippen molar-refractivity contribution in [3.8, 4) is 28.6 Å². The number of nitrogens with one attached hydrogen (secondary N) is 1. The molecule has 2 heterocycles. The standard InChI is InChI=1S/C22H21N5O5/c1-12-16-11-23-22(25-15-9-17(30-2)19(32-4)18(10-15)31-3)26-27(16)20(24-12)13-6-5-7-14(8-13)21(28)29/h5-11H,1-4H3,(H,25,26)(H,28,29). The number of ether oxygens (including phenoxy) is 3. The SMILES string of the molecule is COc1cc(Nc2ncc3c(C)nc(-c4cccc(C(=O)O)c4)n3n2)cc(OC)c1OC. The number of carboxylic acid groups (broad SMARTS) is 1. The smallest absolute Gasteiger partial charge is 0.335 e. The van der Waals surface area contributed by atoms with Crippen molar-refractivity contribution in [2.45, 2.75) is 6.92 Å². The first-order valence-corrected chi connectivity index (χ1v) is 9.58. The van der Waals surface area contributed by atoms with Gasteiger partial charge in [-0.25, -0.2) is 19.3 Å². The van der Waals surface area contributed by atoms with Crippen LogP contribution >= 0.6 is 0 Å². The van der Waals surface area contributed by atoms with Gasteiger partial charge in [0.15, 0.2) is 17.3 Å². The molecule has 0 fully saturated rings. The number of aromatic carboxylic acids is 1. The zero-order valence-electron chi connectivity index (χ0n) is 17.9. The molecule has 2 aromatic carbocycles. The molecular formula is C22H21N5O5. The van der Waals surface area contributed by atoms with Crippen molar-refractivity contribution < 1.29 is 24.1 Å². The lowest BCUT2D eigenvalue weighted by molar-refractivity contribution is 0.0697. The zero-order valence-corrected chi connectivity index (χ0v) is 17.9. The lowest BCUT2D eigenvalue weighted by Crippen LogP contribution is -2.04. The number of carboxylic acids is 1. The number of aryl methyl sites for hydroxylation is 1. The highest BCUT2D eigenvalue weighted by Gasteiger charge is 2.16. The van der Waals surface area contributed by atoms with Crippen molar-refractivity contribution in [3.63, 3.8) is 0 Å². The lowest BCUT2D eigenvalue weighted by Gasteiger charge is -2.14.